The minimum Gasteiger partial charge on any atom is -0.179 e. The van der Waals surface area contributed by atoms with Crippen molar-refractivity contribution in [3.05, 3.63) is 119 Å². The molecule has 0 N–H and O–H groups in total. The van der Waals surface area contributed by atoms with Crippen molar-refractivity contribution in [1.29, 1.82) is 0 Å². The molecular weight excluding hydrogens is 415 g/mol. The maximum absolute atomic E-state index is 3.30. The number of hydrogen-bond acceptors (Lipinski definition) is 0. The van der Waals surface area contributed by atoms with Crippen LogP contribution in [-0.4, -0.2) is 9.52 Å². The van der Waals surface area contributed by atoms with Crippen LogP contribution in [0, 0.1) is 12.1 Å². The fraction of sp³-hybridized carbons (Fsp3) is 0.143. The van der Waals surface area contributed by atoms with Gasteiger partial charge in [0, 0.05) is 9.52 Å². The molecule has 0 aliphatic heterocycles. The minimum absolute atomic E-state index is 0. The first-order valence-corrected chi connectivity index (χ1v) is 12.5. The summed E-state index contributed by atoms with van der Waals surface area (Å²) in [6.07, 6.45) is 2.10. The van der Waals surface area contributed by atoms with Gasteiger partial charge in [0.2, 0.25) is 0 Å². The van der Waals surface area contributed by atoms with E-state index in [2.05, 4.69) is 98.0 Å². The van der Waals surface area contributed by atoms with E-state index in [0.717, 1.165) is 22.4 Å². The van der Waals surface area contributed by atoms with Crippen molar-refractivity contribution in [3.63, 3.8) is 0 Å². The molecule has 0 bridgehead atoms. The van der Waals surface area contributed by atoms with Gasteiger partial charge in [-0.3, -0.25) is 0 Å². The van der Waals surface area contributed by atoms with Crippen molar-refractivity contribution in [2.45, 2.75) is 25.9 Å². The first kappa shape index (κ1) is 22.4. The Morgan fingerprint density at radius 3 is 1.37 bits per heavy atom. The second-order valence-corrected chi connectivity index (χ2v) is 8.52. The smallest absolute Gasteiger partial charge is 0.179 e. The summed E-state index contributed by atoms with van der Waals surface area (Å²) in [4.78, 5) is 0. The summed E-state index contributed by atoms with van der Waals surface area (Å²) in [5.74, 6) is 0. The summed E-state index contributed by atoms with van der Waals surface area (Å²) in [7, 11) is 0.750. The standard InChI is InChI=1S/2C13H9.C2H7Si.V/c2*1-3-7-12-10(5-1)9-11-6-2-4-8-13(11)12;1-3-2;/h2*1-5,7-8H,9H2;3H,1-2H3;/q2*-1;;+2. The zero-order valence-corrected chi connectivity index (χ0v) is 20.1. The van der Waals surface area contributed by atoms with E-state index < -0.39 is 0 Å². The van der Waals surface area contributed by atoms with E-state index in [0.29, 0.717) is 0 Å². The molecular formula is C28H25SiV. The molecule has 0 nitrogen and oxygen atoms in total. The van der Waals surface area contributed by atoms with Crippen LogP contribution in [0.4, 0.5) is 0 Å². The van der Waals surface area contributed by atoms with Gasteiger partial charge < -0.3 is 0 Å². The van der Waals surface area contributed by atoms with Crippen LogP contribution in [0.5, 0.6) is 0 Å². The topological polar surface area (TPSA) is 0 Å². The summed E-state index contributed by atoms with van der Waals surface area (Å²) in [5.41, 5.74) is 11.0. The minimum atomic E-state index is 0. The van der Waals surface area contributed by atoms with Crippen molar-refractivity contribution in [1.82, 2.24) is 0 Å². The van der Waals surface area contributed by atoms with E-state index in [1.807, 2.05) is 12.1 Å². The van der Waals surface area contributed by atoms with Crippen LogP contribution in [0.1, 0.15) is 22.3 Å². The predicted molar refractivity (Wildman–Crippen MR) is 126 cm³/mol. The van der Waals surface area contributed by atoms with Gasteiger partial charge in [0.25, 0.3) is 0 Å². The Balaban J connectivity index is 0.000000147. The third kappa shape index (κ3) is 4.70. The van der Waals surface area contributed by atoms with Gasteiger partial charge in [-0.1, -0.05) is 83.9 Å². The van der Waals surface area contributed by atoms with E-state index in [1.54, 1.807) is 0 Å². The number of benzene rings is 4. The maximum Gasteiger partial charge on any atom is 2.00 e. The molecule has 0 aromatic heterocycles. The van der Waals surface area contributed by atoms with E-state index in [1.165, 1.54) is 44.5 Å². The first-order chi connectivity index (χ1) is 14.3. The number of rotatable bonds is 0. The summed E-state index contributed by atoms with van der Waals surface area (Å²) in [6, 6.07) is 36.2. The SMILES string of the molecule is C[SiH]C.[V+2].[c-]1cccc2c1Cc1ccccc1-2.[c-]1cccc2c1Cc1ccccc1-2. The van der Waals surface area contributed by atoms with Gasteiger partial charge in [-0.05, 0) is 12.8 Å². The summed E-state index contributed by atoms with van der Waals surface area (Å²) in [6.45, 7) is 4.42. The molecule has 4 aromatic rings. The molecule has 0 fully saturated rings. The Kier molecular flexibility index (Phi) is 7.93. The molecule has 4 aromatic carbocycles. The zero-order valence-electron chi connectivity index (χ0n) is 17.5. The molecule has 0 saturated carbocycles. The fourth-order valence-electron chi connectivity index (χ4n) is 4.00. The Hall–Kier alpha value is -2.32. The van der Waals surface area contributed by atoms with Crippen LogP contribution in [0.15, 0.2) is 84.9 Å². The van der Waals surface area contributed by atoms with Crippen molar-refractivity contribution < 1.29 is 18.6 Å². The number of fused-ring (bicyclic) bond motifs is 6. The molecule has 2 aliphatic rings. The predicted octanol–water partition coefficient (Wildman–Crippen LogP) is 6.63. The quantitative estimate of drug-likeness (QED) is 0.184. The van der Waals surface area contributed by atoms with Gasteiger partial charge in [0.15, 0.2) is 0 Å². The van der Waals surface area contributed by atoms with Gasteiger partial charge in [-0.2, -0.15) is 59.7 Å². The van der Waals surface area contributed by atoms with Crippen LogP contribution in [0.25, 0.3) is 22.3 Å². The van der Waals surface area contributed by atoms with Gasteiger partial charge in [-0.25, -0.2) is 0 Å². The van der Waals surface area contributed by atoms with Crippen LogP contribution in [-0.2, 0) is 31.4 Å². The Bertz CT molecular complexity index is 941. The van der Waals surface area contributed by atoms with Gasteiger partial charge in [-0.15, -0.1) is 11.1 Å². The molecule has 2 radical (unpaired) electrons. The van der Waals surface area contributed by atoms with Crippen LogP contribution in [0.3, 0.4) is 0 Å². The van der Waals surface area contributed by atoms with Gasteiger partial charge in [0.05, 0.1) is 0 Å². The Morgan fingerprint density at radius 1 is 0.567 bits per heavy atom. The molecule has 146 valence electrons. The second kappa shape index (κ2) is 10.6. The third-order valence-corrected chi connectivity index (χ3v) is 5.23. The molecule has 6 rings (SSSR count). The maximum atomic E-state index is 3.30. The normalized spacial score (nSPS) is 11.3. The van der Waals surface area contributed by atoms with Crippen molar-refractivity contribution in [2.24, 2.45) is 0 Å². The van der Waals surface area contributed by atoms with Crippen LogP contribution < -0.4 is 0 Å². The monoisotopic (exact) mass is 440 g/mol. The average molecular weight is 441 g/mol. The summed E-state index contributed by atoms with van der Waals surface area (Å²) in [5, 5.41) is 0. The molecule has 30 heavy (non-hydrogen) atoms. The van der Waals surface area contributed by atoms with Gasteiger partial charge >= 0.3 is 18.6 Å². The largest absolute Gasteiger partial charge is 2.00 e. The molecule has 0 unspecified atom stereocenters. The fourth-order valence-corrected chi connectivity index (χ4v) is 4.00. The van der Waals surface area contributed by atoms with E-state index in [4.69, 9.17) is 0 Å². The van der Waals surface area contributed by atoms with Crippen LogP contribution >= 0.6 is 0 Å². The molecule has 2 aliphatic carbocycles. The molecule has 0 spiro atoms. The Morgan fingerprint density at radius 2 is 0.933 bits per heavy atom. The molecule has 0 saturated heterocycles. The molecule has 0 amide bonds. The van der Waals surface area contributed by atoms with Crippen molar-refractivity contribution >= 4 is 9.52 Å². The zero-order chi connectivity index (χ0) is 20.1. The van der Waals surface area contributed by atoms with Crippen LogP contribution in [0.2, 0.25) is 13.1 Å². The van der Waals surface area contributed by atoms with Gasteiger partial charge in [0.1, 0.15) is 0 Å². The molecule has 2 heteroatoms. The second-order valence-electron chi connectivity index (χ2n) is 7.37. The first-order valence-electron chi connectivity index (χ1n) is 10.2. The van der Waals surface area contributed by atoms with E-state index in [9.17, 15) is 0 Å². The Labute approximate surface area is 195 Å². The average Bonchev–Trinajstić information content (AvgIpc) is 3.33. The third-order valence-electron chi connectivity index (χ3n) is 5.23. The summed E-state index contributed by atoms with van der Waals surface area (Å²) >= 11 is 0. The molecule has 0 atom stereocenters. The van der Waals surface area contributed by atoms with Crippen molar-refractivity contribution in [3.8, 4) is 22.3 Å². The van der Waals surface area contributed by atoms with Crippen molar-refractivity contribution in [2.75, 3.05) is 0 Å². The molecule has 0 heterocycles. The van der Waals surface area contributed by atoms with E-state index in [-0.39, 0.29) is 18.6 Å². The summed E-state index contributed by atoms with van der Waals surface area (Å²) < 4.78 is 0. The number of hydrogen-bond donors (Lipinski definition) is 0. The van der Waals surface area contributed by atoms with E-state index >= 15 is 0 Å².